The molecule has 0 saturated carbocycles. The van der Waals surface area contributed by atoms with Crippen molar-refractivity contribution in [3.63, 3.8) is 0 Å². The third-order valence-corrected chi connectivity index (χ3v) is 6.38. The van der Waals surface area contributed by atoms with Crippen LogP contribution in [0.3, 0.4) is 0 Å². The lowest BCUT2D eigenvalue weighted by molar-refractivity contribution is -0.127. The summed E-state index contributed by atoms with van der Waals surface area (Å²) in [4.78, 5) is 20.0. The molecule has 5 nitrogen and oxygen atoms in total. The summed E-state index contributed by atoms with van der Waals surface area (Å²) >= 11 is 3.43. The number of amides is 1. The summed E-state index contributed by atoms with van der Waals surface area (Å²) in [5, 5.41) is 3.25. The summed E-state index contributed by atoms with van der Waals surface area (Å²) in [5.74, 6) is 1.01. The zero-order valence-corrected chi connectivity index (χ0v) is 19.6. The van der Waals surface area contributed by atoms with E-state index in [2.05, 4.69) is 31.1 Å². The number of hydrogen-bond donors (Lipinski definition) is 1. The van der Waals surface area contributed by atoms with Crippen LogP contribution in [-0.4, -0.2) is 42.0 Å². The number of halogens is 1. The first kappa shape index (κ1) is 22.5. The second-order valence-electron chi connectivity index (χ2n) is 8.03. The average Bonchev–Trinajstić information content (AvgIpc) is 2.85. The number of pyridine rings is 1. The number of carbonyl (C=O) groups excluding carboxylic acids is 1. The first-order chi connectivity index (χ1) is 15.7. The van der Waals surface area contributed by atoms with Crippen molar-refractivity contribution in [3.05, 3.63) is 94.7 Å². The van der Waals surface area contributed by atoms with Crippen LogP contribution in [0.4, 0.5) is 0 Å². The van der Waals surface area contributed by atoms with E-state index < -0.39 is 0 Å². The predicted molar refractivity (Wildman–Crippen MR) is 129 cm³/mol. The number of nitrogens with zero attached hydrogens (tertiary/aromatic N) is 2. The van der Waals surface area contributed by atoms with Crippen molar-refractivity contribution < 1.29 is 9.53 Å². The van der Waals surface area contributed by atoms with Gasteiger partial charge in [0.2, 0.25) is 5.91 Å². The minimum absolute atomic E-state index is 0.0218. The quantitative estimate of drug-likeness (QED) is 0.487. The Bertz CT molecular complexity index is 935. The molecule has 4 rings (SSSR count). The molecule has 1 amide bonds. The van der Waals surface area contributed by atoms with E-state index in [-0.39, 0.29) is 17.9 Å². The van der Waals surface area contributed by atoms with Crippen LogP contribution in [0.15, 0.2) is 83.5 Å². The first-order valence-electron chi connectivity index (χ1n) is 11.1. The number of hydrogen-bond acceptors (Lipinski definition) is 4. The topological polar surface area (TPSA) is 54.5 Å². The van der Waals surface area contributed by atoms with Gasteiger partial charge in [-0.05, 0) is 67.9 Å². The number of piperidine rings is 1. The van der Waals surface area contributed by atoms with Crippen molar-refractivity contribution in [2.75, 3.05) is 26.2 Å². The summed E-state index contributed by atoms with van der Waals surface area (Å²) in [7, 11) is 0. The van der Waals surface area contributed by atoms with Crippen LogP contribution in [-0.2, 0) is 4.79 Å². The second kappa shape index (κ2) is 11.2. The van der Waals surface area contributed by atoms with E-state index in [1.807, 2.05) is 72.8 Å². The summed E-state index contributed by atoms with van der Waals surface area (Å²) in [6.07, 6.45) is 3.48. The van der Waals surface area contributed by atoms with Crippen LogP contribution in [0.1, 0.15) is 30.1 Å². The molecule has 3 aromatic rings. The first-order valence-corrected chi connectivity index (χ1v) is 11.9. The van der Waals surface area contributed by atoms with Gasteiger partial charge in [-0.1, -0.05) is 52.3 Å². The lowest BCUT2D eigenvalue weighted by atomic mass is 9.94. The average molecular weight is 494 g/mol. The van der Waals surface area contributed by atoms with Gasteiger partial charge in [-0.3, -0.25) is 14.7 Å². The lowest BCUT2D eigenvalue weighted by Gasteiger charge is -2.32. The van der Waals surface area contributed by atoms with Gasteiger partial charge in [-0.25, -0.2) is 0 Å². The van der Waals surface area contributed by atoms with Crippen LogP contribution < -0.4 is 10.1 Å². The van der Waals surface area contributed by atoms with Crippen molar-refractivity contribution in [3.8, 4) is 5.75 Å². The Kier molecular flexibility index (Phi) is 7.91. The molecule has 1 N–H and O–H groups in total. The lowest BCUT2D eigenvalue weighted by Crippen LogP contribution is -2.42. The van der Waals surface area contributed by atoms with Crippen molar-refractivity contribution in [1.29, 1.82) is 0 Å². The maximum absolute atomic E-state index is 13.1. The summed E-state index contributed by atoms with van der Waals surface area (Å²) in [6.45, 7) is 3.32. The molecule has 0 radical (unpaired) electrons. The Labute approximate surface area is 197 Å². The smallest absolute Gasteiger partial charge is 0.224 e. The highest BCUT2D eigenvalue weighted by molar-refractivity contribution is 9.10. The molecular formula is C26H28BrN3O2. The highest BCUT2D eigenvalue weighted by Gasteiger charge is 2.27. The monoisotopic (exact) mass is 493 g/mol. The van der Waals surface area contributed by atoms with Gasteiger partial charge in [0.1, 0.15) is 12.4 Å². The molecule has 1 aliphatic rings. The van der Waals surface area contributed by atoms with Gasteiger partial charge in [0.05, 0.1) is 11.7 Å². The third kappa shape index (κ3) is 6.17. The molecule has 1 aliphatic heterocycles. The molecule has 0 spiro atoms. The Balaban J connectivity index is 1.28. The molecule has 32 heavy (non-hydrogen) atoms. The number of aromatic nitrogens is 1. The van der Waals surface area contributed by atoms with E-state index in [0.717, 1.165) is 54.0 Å². The molecule has 6 heteroatoms. The SMILES string of the molecule is O=C(NC(c1ccccc1)c1ccccn1)C1CCN(CCOc2ccc(Br)cc2)CC1. The molecule has 1 saturated heterocycles. The van der Waals surface area contributed by atoms with E-state index in [9.17, 15) is 4.79 Å². The van der Waals surface area contributed by atoms with Gasteiger partial charge < -0.3 is 10.1 Å². The standard InChI is InChI=1S/C26H28BrN3O2/c27-22-9-11-23(12-10-22)32-19-18-30-16-13-21(14-17-30)26(31)29-25(20-6-2-1-3-7-20)24-8-4-5-15-28-24/h1-12,15,21,25H,13-14,16-19H2,(H,29,31). The summed E-state index contributed by atoms with van der Waals surface area (Å²) in [6, 6.07) is 23.5. The van der Waals surface area contributed by atoms with Crippen molar-refractivity contribution in [2.24, 2.45) is 5.92 Å². The van der Waals surface area contributed by atoms with Crippen LogP contribution in [0, 0.1) is 5.92 Å². The van der Waals surface area contributed by atoms with Crippen LogP contribution >= 0.6 is 15.9 Å². The normalized spacial score (nSPS) is 15.8. The van der Waals surface area contributed by atoms with Gasteiger partial charge >= 0.3 is 0 Å². The fraction of sp³-hybridized carbons (Fsp3) is 0.308. The van der Waals surface area contributed by atoms with Crippen molar-refractivity contribution in [2.45, 2.75) is 18.9 Å². The Hall–Kier alpha value is -2.70. The number of rotatable bonds is 8. The molecule has 0 bridgehead atoms. The van der Waals surface area contributed by atoms with Crippen LogP contribution in [0.25, 0.3) is 0 Å². The Morgan fingerprint density at radius 2 is 1.75 bits per heavy atom. The zero-order chi connectivity index (χ0) is 22.2. The summed E-state index contributed by atoms with van der Waals surface area (Å²) < 4.78 is 6.88. The van der Waals surface area contributed by atoms with E-state index in [1.54, 1.807) is 6.20 Å². The molecule has 1 atom stereocenters. The van der Waals surface area contributed by atoms with Gasteiger partial charge in [0.15, 0.2) is 0 Å². The summed E-state index contributed by atoms with van der Waals surface area (Å²) in [5.41, 5.74) is 1.90. The van der Waals surface area contributed by atoms with Gasteiger partial charge in [0.25, 0.3) is 0 Å². The van der Waals surface area contributed by atoms with E-state index in [0.29, 0.717) is 6.61 Å². The molecule has 1 unspecified atom stereocenters. The van der Waals surface area contributed by atoms with Gasteiger partial charge in [-0.15, -0.1) is 0 Å². The second-order valence-corrected chi connectivity index (χ2v) is 8.94. The maximum atomic E-state index is 13.1. The number of ether oxygens (including phenoxy) is 1. The minimum Gasteiger partial charge on any atom is -0.492 e. The van der Waals surface area contributed by atoms with Crippen molar-refractivity contribution in [1.82, 2.24) is 15.2 Å². The zero-order valence-electron chi connectivity index (χ0n) is 18.0. The molecule has 2 aromatic carbocycles. The van der Waals surface area contributed by atoms with Crippen LogP contribution in [0.2, 0.25) is 0 Å². The molecule has 166 valence electrons. The fourth-order valence-electron chi connectivity index (χ4n) is 4.02. The Morgan fingerprint density at radius 3 is 2.44 bits per heavy atom. The van der Waals surface area contributed by atoms with Gasteiger partial charge in [-0.2, -0.15) is 0 Å². The molecule has 0 aliphatic carbocycles. The van der Waals surface area contributed by atoms with E-state index >= 15 is 0 Å². The Morgan fingerprint density at radius 1 is 1.03 bits per heavy atom. The van der Waals surface area contributed by atoms with E-state index in [1.165, 1.54) is 0 Å². The highest BCUT2D eigenvalue weighted by atomic mass is 79.9. The van der Waals surface area contributed by atoms with Crippen LogP contribution in [0.5, 0.6) is 5.75 Å². The minimum atomic E-state index is -0.234. The van der Waals surface area contributed by atoms with Crippen molar-refractivity contribution >= 4 is 21.8 Å². The molecular weight excluding hydrogens is 466 g/mol. The number of nitrogens with one attached hydrogen (secondary N) is 1. The van der Waals surface area contributed by atoms with Gasteiger partial charge in [0, 0.05) is 23.1 Å². The fourth-order valence-corrected chi connectivity index (χ4v) is 4.29. The van der Waals surface area contributed by atoms with E-state index in [4.69, 9.17) is 4.74 Å². The number of benzene rings is 2. The molecule has 1 aromatic heterocycles. The highest BCUT2D eigenvalue weighted by Crippen LogP contribution is 2.23. The molecule has 1 fully saturated rings. The number of carbonyl (C=O) groups is 1. The third-order valence-electron chi connectivity index (χ3n) is 5.85. The predicted octanol–water partition coefficient (Wildman–Crippen LogP) is 4.84. The number of likely N-dealkylation sites (tertiary alicyclic amines) is 1. The largest absolute Gasteiger partial charge is 0.492 e. The maximum Gasteiger partial charge on any atom is 0.224 e. The molecule has 2 heterocycles.